The molecular formula is C13H18N2O2. The van der Waals surface area contributed by atoms with Crippen LogP contribution in [0.1, 0.15) is 19.8 Å². The molecule has 0 aliphatic heterocycles. The average Bonchev–Trinajstić information content (AvgIpc) is 2.70. The minimum atomic E-state index is -0.725. The molecule has 1 aliphatic carbocycles. The molecule has 1 unspecified atom stereocenters. The molecule has 4 nitrogen and oxygen atoms in total. The van der Waals surface area contributed by atoms with Crippen LogP contribution in [0.3, 0.4) is 0 Å². The first-order valence-electron chi connectivity index (χ1n) is 5.54. The topological polar surface area (TPSA) is 58.2 Å². The monoisotopic (exact) mass is 234 g/mol. The number of hydrogen-bond acceptors (Lipinski definition) is 3. The van der Waals surface area contributed by atoms with Gasteiger partial charge in [-0.1, -0.05) is 24.8 Å². The van der Waals surface area contributed by atoms with Gasteiger partial charge < -0.3 is 5.32 Å². The zero-order valence-corrected chi connectivity index (χ0v) is 10.2. The molecule has 0 bridgehead atoms. The number of carbonyl (C=O) groups excluding carboxylic acids is 2. The van der Waals surface area contributed by atoms with Crippen molar-refractivity contribution in [3.8, 4) is 0 Å². The van der Waals surface area contributed by atoms with E-state index in [-0.39, 0.29) is 5.91 Å². The van der Waals surface area contributed by atoms with Crippen molar-refractivity contribution in [2.75, 3.05) is 7.05 Å². The summed E-state index contributed by atoms with van der Waals surface area (Å²) in [5.41, 5.74) is 1.47. The lowest BCUT2D eigenvalue weighted by molar-refractivity contribution is -0.130. The molecule has 0 aromatic carbocycles. The number of imide groups is 1. The van der Waals surface area contributed by atoms with Crippen molar-refractivity contribution in [1.82, 2.24) is 10.6 Å². The van der Waals surface area contributed by atoms with Crippen LogP contribution in [0.2, 0.25) is 0 Å². The number of rotatable bonds is 4. The van der Waals surface area contributed by atoms with Gasteiger partial charge >= 0.3 is 0 Å². The van der Waals surface area contributed by atoms with E-state index in [9.17, 15) is 9.59 Å². The van der Waals surface area contributed by atoms with Gasteiger partial charge in [0.05, 0.1) is 0 Å². The van der Waals surface area contributed by atoms with Gasteiger partial charge in [-0.15, -0.1) is 0 Å². The summed E-state index contributed by atoms with van der Waals surface area (Å²) in [6.07, 6.45) is 7.17. The third kappa shape index (κ3) is 2.53. The summed E-state index contributed by atoms with van der Waals surface area (Å²) >= 11 is 0. The first-order valence-corrected chi connectivity index (χ1v) is 5.54. The van der Waals surface area contributed by atoms with Crippen molar-refractivity contribution in [3.05, 3.63) is 36.0 Å². The molecule has 1 rings (SSSR count). The highest BCUT2D eigenvalue weighted by molar-refractivity contribution is 5.95. The van der Waals surface area contributed by atoms with Gasteiger partial charge in [0.1, 0.15) is 5.54 Å². The lowest BCUT2D eigenvalue weighted by atomic mass is 9.96. The van der Waals surface area contributed by atoms with Crippen LogP contribution >= 0.6 is 0 Å². The van der Waals surface area contributed by atoms with Crippen molar-refractivity contribution in [3.63, 3.8) is 0 Å². The lowest BCUT2D eigenvalue weighted by Crippen LogP contribution is -2.53. The first kappa shape index (κ1) is 13.4. The number of allylic oxidation sites excluding steroid dienone is 3. The van der Waals surface area contributed by atoms with E-state index in [0.29, 0.717) is 19.3 Å². The fourth-order valence-electron chi connectivity index (χ4n) is 2.18. The van der Waals surface area contributed by atoms with E-state index in [2.05, 4.69) is 17.2 Å². The van der Waals surface area contributed by atoms with E-state index in [1.807, 2.05) is 19.1 Å². The Kier molecular flexibility index (Phi) is 4.40. The number of likely N-dealkylation sites (N-methyl/N-ethyl adjacent to an activating group) is 1. The third-order valence-electron chi connectivity index (χ3n) is 3.17. The maximum atomic E-state index is 11.9. The van der Waals surface area contributed by atoms with Crippen molar-refractivity contribution >= 4 is 12.3 Å². The maximum Gasteiger partial charge on any atom is 0.247 e. The Morgan fingerprint density at radius 3 is 2.53 bits per heavy atom. The largest absolute Gasteiger partial charge is 0.306 e. The Balaban J connectivity index is 3.06. The van der Waals surface area contributed by atoms with Crippen LogP contribution in [0.4, 0.5) is 0 Å². The highest BCUT2D eigenvalue weighted by Crippen LogP contribution is 2.38. The Hall–Kier alpha value is -1.68. The van der Waals surface area contributed by atoms with E-state index >= 15 is 0 Å². The van der Waals surface area contributed by atoms with Gasteiger partial charge in [-0.2, -0.15) is 0 Å². The summed E-state index contributed by atoms with van der Waals surface area (Å²) in [5.74, 6) is -0.290. The Morgan fingerprint density at radius 1 is 1.41 bits per heavy atom. The number of nitrogens with one attached hydrogen (secondary N) is 2. The minimum Gasteiger partial charge on any atom is -0.306 e. The van der Waals surface area contributed by atoms with E-state index in [4.69, 9.17) is 0 Å². The average molecular weight is 234 g/mol. The standard InChI is InChI=1S/C13H18N2O2/c1-4-6-11-8-13(14-3,7-10(11)5-2)12(17)15-9-16/h4-6,9,14H,1,7-8H2,2-3H3,(H,15,16,17)/b10-5-,11-6-. The van der Waals surface area contributed by atoms with Crippen LogP contribution in [0.15, 0.2) is 36.0 Å². The van der Waals surface area contributed by atoms with Gasteiger partial charge in [-0.25, -0.2) is 0 Å². The Bertz CT molecular complexity index is 396. The summed E-state index contributed by atoms with van der Waals surface area (Å²) in [6, 6.07) is 0. The fraction of sp³-hybridized carbons (Fsp3) is 0.385. The molecule has 0 radical (unpaired) electrons. The van der Waals surface area contributed by atoms with Crippen LogP contribution in [-0.2, 0) is 9.59 Å². The summed E-state index contributed by atoms with van der Waals surface area (Å²) in [7, 11) is 1.73. The second kappa shape index (κ2) is 5.59. The smallest absolute Gasteiger partial charge is 0.247 e. The van der Waals surface area contributed by atoms with Crippen molar-refractivity contribution in [2.45, 2.75) is 25.3 Å². The number of hydrogen-bond donors (Lipinski definition) is 2. The summed E-state index contributed by atoms with van der Waals surface area (Å²) in [5, 5.41) is 5.25. The van der Waals surface area contributed by atoms with Crippen LogP contribution < -0.4 is 10.6 Å². The molecule has 4 heteroatoms. The molecule has 0 heterocycles. The molecule has 1 aliphatic rings. The zero-order chi connectivity index (χ0) is 12.9. The lowest BCUT2D eigenvalue weighted by Gasteiger charge is -2.25. The van der Waals surface area contributed by atoms with Gasteiger partial charge in [0.15, 0.2) is 0 Å². The van der Waals surface area contributed by atoms with Crippen LogP contribution in [0.25, 0.3) is 0 Å². The fourth-order valence-corrected chi connectivity index (χ4v) is 2.18. The molecule has 2 N–H and O–H groups in total. The van der Waals surface area contributed by atoms with Crippen molar-refractivity contribution in [1.29, 1.82) is 0 Å². The molecule has 0 aromatic heterocycles. The Morgan fingerprint density at radius 2 is 2.06 bits per heavy atom. The van der Waals surface area contributed by atoms with Crippen LogP contribution in [-0.4, -0.2) is 24.9 Å². The van der Waals surface area contributed by atoms with E-state index in [0.717, 1.165) is 11.1 Å². The minimum absolute atomic E-state index is 0.290. The quantitative estimate of drug-likeness (QED) is 0.715. The van der Waals surface area contributed by atoms with E-state index < -0.39 is 5.54 Å². The molecule has 2 amide bonds. The van der Waals surface area contributed by atoms with E-state index in [1.165, 1.54) is 0 Å². The van der Waals surface area contributed by atoms with Gasteiger partial charge in [0, 0.05) is 6.42 Å². The predicted octanol–water partition coefficient (Wildman–Crippen LogP) is 1.07. The molecular weight excluding hydrogens is 216 g/mol. The predicted molar refractivity (Wildman–Crippen MR) is 67.3 cm³/mol. The molecule has 1 saturated carbocycles. The van der Waals surface area contributed by atoms with Gasteiger partial charge in [0.25, 0.3) is 0 Å². The highest BCUT2D eigenvalue weighted by atomic mass is 16.2. The number of amides is 2. The molecule has 0 saturated heterocycles. The molecule has 92 valence electrons. The number of carbonyl (C=O) groups is 2. The highest BCUT2D eigenvalue weighted by Gasteiger charge is 2.43. The summed E-state index contributed by atoms with van der Waals surface area (Å²) < 4.78 is 0. The summed E-state index contributed by atoms with van der Waals surface area (Å²) in [4.78, 5) is 22.3. The summed E-state index contributed by atoms with van der Waals surface area (Å²) in [6.45, 7) is 5.61. The molecule has 17 heavy (non-hydrogen) atoms. The second-order valence-corrected chi connectivity index (χ2v) is 4.02. The van der Waals surface area contributed by atoms with Crippen LogP contribution in [0, 0.1) is 0 Å². The molecule has 1 atom stereocenters. The first-order chi connectivity index (χ1) is 8.13. The van der Waals surface area contributed by atoms with Crippen LogP contribution in [0.5, 0.6) is 0 Å². The Labute approximate surface area is 101 Å². The molecule has 1 fully saturated rings. The molecule has 0 aromatic rings. The van der Waals surface area contributed by atoms with Crippen molar-refractivity contribution in [2.24, 2.45) is 0 Å². The zero-order valence-electron chi connectivity index (χ0n) is 10.2. The van der Waals surface area contributed by atoms with E-state index in [1.54, 1.807) is 13.1 Å². The third-order valence-corrected chi connectivity index (χ3v) is 3.17. The maximum absolute atomic E-state index is 11.9. The van der Waals surface area contributed by atoms with Gasteiger partial charge in [0.2, 0.25) is 12.3 Å². The van der Waals surface area contributed by atoms with Gasteiger partial charge in [-0.3, -0.25) is 14.9 Å². The van der Waals surface area contributed by atoms with Gasteiger partial charge in [-0.05, 0) is 31.5 Å². The SMILES string of the molecule is C=C/C=C1/CC(NC)(C(=O)NC=O)C/C1=C/C. The molecule has 0 spiro atoms. The normalized spacial score (nSPS) is 28.4. The second-order valence-electron chi connectivity index (χ2n) is 4.02. The van der Waals surface area contributed by atoms with Crippen molar-refractivity contribution < 1.29 is 9.59 Å².